The number of aliphatic hydroxyl groups is 1. The molecule has 0 aliphatic carbocycles. The number of nitrogens with zero attached hydrogens (tertiary/aromatic N) is 1. The fourth-order valence-corrected chi connectivity index (χ4v) is 0.950. The Morgan fingerprint density at radius 3 is 3.00 bits per heavy atom. The molecule has 4 N–H and O–H groups in total. The number of hydrogen-bond acceptors (Lipinski definition) is 5. The number of carbonyl (C=O) groups excluding carboxylic acids is 2. The molecule has 1 aromatic heterocycles. The molecule has 0 aromatic carbocycles. The first-order valence-corrected chi connectivity index (χ1v) is 4.06. The third kappa shape index (κ3) is 2.48. The summed E-state index contributed by atoms with van der Waals surface area (Å²) >= 11 is 0. The van der Waals surface area contributed by atoms with E-state index in [4.69, 9.17) is 10.8 Å². The van der Waals surface area contributed by atoms with Crippen LogP contribution in [0.1, 0.15) is 17.0 Å². The zero-order valence-corrected chi connectivity index (χ0v) is 7.38. The molecule has 1 aromatic rings. The molecule has 14 heavy (non-hydrogen) atoms. The quantitative estimate of drug-likeness (QED) is 0.408. The van der Waals surface area contributed by atoms with Gasteiger partial charge < -0.3 is 20.6 Å². The topological polar surface area (TPSA) is 109 Å². The first kappa shape index (κ1) is 10.6. The van der Waals surface area contributed by atoms with Crippen molar-refractivity contribution < 1.29 is 14.7 Å². The van der Waals surface area contributed by atoms with Crippen molar-refractivity contribution in [2.24, 2.45) is 5.73 Å². The Morgan fingerprint density at radius 1 is 1.79 bits per heavy atom. The second-order valence-corrected chi connectivity index (χ2v) is 2.86. The number of aldehydes is 1. The summed E-state index contributed by atoms with van der Waals surface area (Å²) in [7, 11) is 0. The molecule has 0 radical (unpaired) electrons. The summed E-state index contributed by atoms with van der Waals surface area (Å²) in [5.41, 5.74) is 5.39. The van der Waals surface area contributed by atoms with Crippen molar-refractivity contribution in [3.05, 3.63) is 18.2 Å². The molecule has 76 valence electrons. The first-order valence-electron chi connectivity index (χ1n) is 4.06. The Labute approximate surface area is 80.1 Å². The monoisotopic (exact) mass is 197 g/mol. The average Bonchev–Trinajstić information content (AvgIpc) is 2.69. The number of aromatic nitrogens is 2. The van der Waals surface area contributed by atoms with Gasteiger partial charge in [-0.05, 0) is 0 Å². The van der Waals surface area contributed by atoms with E-state index in [-0.39, 0.29) is 18.0 Å². The van der Waals surface area contributed by atoms with E-state index in [9.17, 15) is 9.59 Å². The van der Waals surface area contributed by atoms with Crippen LogP contribution < -0.4 is 5.73 Å². The zero-order valence-electron chi connectivity index (χ0n) is 7.38. The van der Waals surface area contributed by atoms with Crippen LogP contribution in [0, 0.1) is 0 Å². The van der Waals surface area contributed by atoms with E-state index in [2.05, 4.69) is 9.97 Å². The molecule has 6 nitrogen and oxygen atoms in total. The maximum absolute atomic E-state index is 11.3. The molecule has 0 aliphatic rings. The number of imidazole rings is 1. The van der Waals surface area contributed by atoms with Gasteiger partial charge in [-0.3, -0.25) is 4.79 Å². The van der Waals surface area contributed by atoms with Crippen molar-refractivity contribution in [1.29, 1.82) is 0 Å². The Hall–Kier alpha value is -1.53. The van der Waals surface area contributed by atoms with Gasteiger partial charge in [0.15, 0.2) is 11.6 Å². The summed E-state index contributed by atoms with van der Waals surface area (Å²) in [6.45, 7) is 0. The molecule has 1 heterocycles. The lowest BCUT2D eigenvalue weighted by Gasteiger charge is -2.11. The fraction of sp³-hybridized carbons (Fsp3) is 0.375. The highest BCUT2D eigenvalue weighted by atomic mass is 16.3. The molecule has 2 atom stereocenters. The number of Topliss-reactive ketones (excluding diaryl/α,β-unsaturated/α-hetero) is 1. The van der Waals surface area contributed by atoms with E-state index in [1.807, 2.05) is 0 Å². The molecule has 6 heteroatoms. The van der Waals surface area contributed by atoms with Gasteiger partial charge in [0.05, 0.1) is 0 Å². The molecule has 1 rings (SSSR count). The van der Waals surface area contributed by atoms with Gasteiger partial charge in [0.2, 0.25) is 0 Å². The number of nitrogens with one attached hydrogen (secondary N) is 1. The van der Waals surface area contributed by atoms with E-state index in [1.54, 1.807) is 0 Å². The predicted molar refractivity (Wildman–Crippen MR) is 47.6 cm³/mol. The lowest BCUT2D eigenvalue weighted by Crippen LogP contribution is -2.37. The second kappa shape index (κ2) is 4.64. The van der Waals surface area contributed by atoms with Crippen LogP contribution in [-0.4, -0.2) is 39.3 Å². The van der Waals surface area contributed by atoms with Crippen molar-refractivity contribution >= 4 is 12.1 Å². The maximum atomic E-state index is 11.3. The molecule has 0 aliphatic heterocycles. The lowest BCUT2D eigenvalue weighted by atomic mass is 10.1. The number of aliphatic hydroxyl groups excluding tert-OH is 1. The molecule has 2 unspecified atom stereocenters. The molecule has 0 bridgehead atoms. The molecular formula is C8H11N3O3. The van der Waals surface area contributed by atoms with Crippen LogP contribution in [-0.2, 0) is 4.79 Å². The minimum Gasteiger partial charge on any atom is -0.384 e. The zero-order chi connectivity index (χ0) is 10.6. The SMILES string of the molecule is NC(CC(=O)c1ncc[nH]1)C(O)C=O. The molecule has 0 saturated carbocycles. The largest absolute Gasteiger partial charge is 0.384 e. The maximum Gasteiger partial charge on any atom is 0.199 e. The predicted octanol–water partition coefficient (Wildman–Crippen LogP) is -1.13. The lowest BCUT2D eigenvalue weighted by molar-refractivity contribution is -0.115. The van der Waals surface area contributed by atoms with Crippen LogP contribution in [0.4, 0.5) is 0 Å². The van der Waals surface area contributed by atoms with Crippen molar-refractivity contribution in [2.75, 3.05) is 0 Å². The van der Waals surface area contributed by atoms with Crippen LogP contribution in [0.5, 0.6) is 0 Å². The summed E-state index contributed by atoms with van der Waals surface area (Å²) in [6, 6.07) is -0.884. The third-order valence-corrected chi connectivity index (χ3v) is 1.76. The summed E-state index contributed by atoms with van der Waals surface area (Å²) in [5, 5.41) is 9.00. The molecule has 0 saturated heterocycles. The van der Waals surface area contributed by atoms with Crippen molar-refractivity contribution in [1.82, 2.24) is 9.97 Å². The summed E-state index contributed by atoms with van der Waals surface area (Å²) in [5.74, 6) is -0.151. The van der Waals surface area contributed by atoms with E-state index in [0.717, 1.165) is 0 Å². The summed E-state index contributed by atoms with van der Waals surface area (Å²) < 4.78 is 0. The van der Waals surface area contributed by atoms with Crippen LogP contribution in [0.3, 0.4) is 0 Å². The third-order valence-electron chi connectivity index (χ3n) is 1.76. The van der Waals surface area contributed by atoms with Gasteiger partial charge in [-0.1, -0.05) is 0 Å². The van der Waals surface area contributed by atoms with Gasteiger partial charge in [-0.15, -0.1) is 0 Å². The van der Waals surface area contributed by atoms with Crippen molar-refractivity contribution in [3.63, 3.8) is 0 Å². The van der Waals surface area contributed by atoms with Gasteiger partial charge in [-0.25, -0.2) is 4.98 Å². The van der Waals surface area contributed by atoms with Crippen molar-refractivity contribution in [2.45, 2.75) is 18.6 Å². The highest BCUT2D eigenvalue weighted by Gasteiger charge is 2.19. The van der Waals surface area contributed by atoms with Crippen LogP contribution >= 0.6 is 0 Å². The normalized spacial score (nSPS) is 14.7. The Kier molecular flexibility index (Phi) is 3.49. The van der Waals surface area contributed by atoms with Crippen LogP contribution in [0.25, 0.3) is 0 Å². The number of aromatic amines is 1. The standard InChI is InChI=1S/C8H11N3O3/c9-5(7(14)4-12)3-6(13)8-10-1-2-11-8/h1-2,4-5,7,14H,3,9H2,(H,10,11). The van der Waals surface area contributed by atoms with Crippen LogP contribution in [0.15, 0.2) is 12.4 Å². The fourth-order valence-electron chi connectivity index (χ4n) is 0.950. The van der Waals surface area contributed by atoms with E-state index < -0.39 is 12.1 Å². The Balaban J connectivity index is 2.53. The highest BCUT2D eigenvalue weighted by molar-refractivity contribution is 5.93. The average molecular weight is 197 g/mol. The van der Waals surface area contributed by atoms with Gasteiger partial charge in [0, 0.05) is 24.9 Å². The van der Waals surface area contributed by atoms with Gasteiger partial charge in [0.25, 0.3) is 0 Å². The van der Waals surface area contributed by atoms with E-state index in [0.29, 0.717) is 6.29 Å². The minimum atomic E-state index is -1.31. The van der Waals surface area contributed by atoms with Gasteiger partial charge in [-0.2, -0.15) is 0 Å². The van der Waals surface area contributed by atoms with Gasteiger partial charge >= 0.3 is 0 Å². The number of nitrogens with two attached hydrogens (primary N) is 1. The second-order valence-electron chi connectivity index (χ2n) is 2.86. The van der Waals surface area contributed by atoms with E-state index >= 15 is 0 Å². The van der Waals surface area contributed by atoms with Crippen LogP contribution in [0.2, 0.25) is 0 Å². The first-order chi connectivity index (χ1) is 6.65. The van der Waals surface area contributed by atoms with Crippen molar-refractivity contribution in [3.8, 4) is 0 Å². The van der Waals surface area contributed by atoms with Gasteiger partial charge in [0.1, 0.15) is 12.4 Å². The highest BCUT2D eigenvalue weighted by Crippen LogP contribution is 2.01. The number of carbonyl (C=O) groups is 2. The summed E-state index contributed by atoms with van der Waals surface area (Å²) in [6.07, 6.45) is 1.83. The Bertz CT molecular complexity index is 310. The minimum absolute atomic E-state index is 0.118. The van der Waals surface area contributed by atoms with E-state index in [1.165, 1.54) is 12.4 Å². The number of hydrogen-bond donors (Lipinski definition) is 3. The number of ketones is 1. The number of H-pyrrole nitrogens is 1. The Morgan fingerprint density at radius 2 is 2.50 bits per heavy atom. The number of rotatable bonds is 5. The molecule has 0 amide bonds. The molecular weight excluding hydrogens is 186 g/mol. The summed E-state index contributed by atoms with van der Waals surface area (Å²) in [4.78, 5) is 27.8. The smallest absolute Gasteiger partial charge is 0.199 e. The molecule has 0 spiro atoms. The molecule has 0 fully saturated rings.